The zero-order valence-electron chi connectivity index (χ0n) is 15.2. The molecule has 0 bridgehead atoms. The number of hydrogen-bond acceptors (Lipinski definition) is 5. The second kappa shape index (κ2) is 9.04. The molecule has 26 heavy (non-hydrogen) atoms. The average Bonchev–Trinajstić information content (AvgIpc) is 2.70. The zero-order valence-corrected chi connectivity index (χ0v) is 15.2. The molecular formula is C20H24N2O4. The van der Waals surface area contributed by atoms with Gasteiger partial charge in [-0.3, -0.25) is 4.79 Å². The number of amides is 1. The van der Waals surface area contributed by atoms with Gasteiger partial charge in [0.2, 0.25) is 0 Å². The molecule has 6 heteroatoms. The number of carbonyl (C=O) groups is 2. The average molecular weight is 356 g/mol. The molecule has 1 aromatic rings. The minimum absolute atomic E-state index is 0.361. The Morgan fingerprint density at radius 3 is 2.46 bits per heavy atom. The number of ether oxygens (including phenoxy) is 2. The fourth-order valence-electron chi connectivity index (χ4n) is 3.05. The van der Waals surface area contributed by atoms with Gasteiger partial charge in [-0.2, -0.15) is 5.26 Å². The van der Waals surface area contributed by atoms with Gasteiger partial charge in [0.25, 0.3) is 5.91 Å². The van der Waals surface area contributed by atoms with Crippen LogP contribution in [0.1, 0.15) is 37.7 Å². The molecule has 0 atom stereocenters. The molecule has 0 saturated heterocycles. The predicted molar refractivity (Wildman–Crippen MR) is 97.2 cm³/mol. The summed E-state index contributed by atoms with van der Waals surface area (Å²) in [6.07, 6.45) is 7.14. The smallest absolute Gasteiger partial charge is 0.331 e. The molecule has 2 rings (SSSR count). The highest BCUT2D eigenvalue weighted by Gasteiger charge is 2.38. The van der Waals surface area contributed by atoms with Crippen molar-refractivity contribution in [2.45, 2.75) is 37.6 Å². The van der Waals surface area contributed by atoms with E-state index in [1.807, 2.05) is 0 Å². The van der Waals surface area contributed by atoms with Crippen molar-refractivity contribution >= 4 is 18.0 Å². The summed E-state index contributed by atoms with van der Waals surface area (Å²) in [7, 11) is 3.19. The van der Waals surface area contributed by atoms with Crippen LogP contribution in [-0.2, 0) is 14.3 Å². The molecule has 0 unspecified atom stereocenters. The highest BCUT2D eigenvalue weighted by Crippen LogP contribution is 2.32. The quantitative estimate of drug-likeness (QED) is 0.578. The molecule has 0 N–H and O–H groups in total. The SMILES string of the molecule is COc1ccc(/C=C/C(=O)OCC(=O)N(C)C2(C#N)CCCCC2)cc1. The van der Waals surface area contributed by atoms with E-state index in [2.05, 4.69) is 6.07 Å². The molecule has 1 amide bonds. The molecule has 1 fully saturated rings. The van der Waals surface area contributed by atoms with Crippen LogP contribution < -0.4 is 4.74 Å². The number of methoxy groups -OCH3 is 1. The summed E-state index contributed by atoms with van der Waals surface area (Å²) < 4.78 is 10.1. The largest absolute Gasteiger partial charge is 0.497 e. The van der Waals surface area contributed by atoms with Crippen molar-refractivity contribution in [3.05, 3.63) is 35.9 Å². The lowest BCUT2D eigenvalue weighted by Crippen LogP contribution is -2.51. The van der Waals surface area contributed by atoms with Gasteiger partial charge in [-0.25, -0.2) is 4.79 Å². The summed E-state index contributed by atoms with van der Waals surface area (Å²) in [6, 6.07) is 9.47. The standard InChI is InChI=1S/C20H24N2O4/c1-22(20(15-21)12-4-3-5-13-20)18(23)14-26-19(24)11-8-16-6-9-17(25-2)10-7-16/h6-11H,3-5,12-14H2,1-2H3/b11-8+. The third-order valence-electron chi connectivity index (χ3n) is 4.77. The topological polar surface area (TPSA) is 79.6 Å². The Balaban J connectivity index is 1.86. The monoisotopic (exact) mass is 356 g/mol. The molecule has 138 valence electrons. The maximum absolute atomic E-state index is 12.3. The number of rotatable bonds is 6. The normalized spacial score (nSPS) is 15.9. The number of nitrogens with zero attached hydrogens (tertiary/aromatic N) is 2. The Hall–Kier alpha value is -2.81. The number of hydrogen-bond donors (Lipinski definition) is 0. The number of benzene rings is 1. The summed E-state index contributed by atoms with van der Waals surface area (Å²) in [5, 5.41) is 9.51. The third-order valence-corrected chi connectivity index (χ3v) is 4.77. The maximum Gasteiger partial charge on any atom is 0.331 e. The van der Waals surface area contributed by atoms with E-state index in [0.717, 1.165) is 30.6 Å². The van der Waals surface area contributed by atoms with E-state index in [4.69, 9.17) is 9.47 Å². The third kappa shape index (κ3) is 4.85. The molecule has 0 aliphatic heterocycles. The molecule has 1 aliphatic carbocycles. The van der Waals surface area contributed by atoms with Crippen molar-refractivity contribution in [3.63, 3.8) is 0 Å². The van der Waals surface area contributed by atoms with Crippen LogP contribution in [0.15, 0.2) is 30.3 Å². The van der Waals surface area contributed by atoms with Crippen LogP contribution in [0.3, 0.4) is 0 Å². The molecule has 0 spiro atoms. The van der Waals surface area contributed by atoms with Gasteiger partial charge in [-0.05, 0) is 36.6 Å². The predicted octanol–water partition coefficient (Wildman–Crippen LogP) is 2.94. The van der Waals surface area contributed by atoms with Crippen LogP contribution in [-0.4, -0.2) is 43.1 Å². The zero-order chi connectivity index (χ0) is 19.0. The summed E-state index contributed by atoms with van der Waals surface area (Å²) in [5.41, 5.74) is 0.0394. The Morgan fingerprint density at radius 1 is 1.23 bits per heavy atom. The summed E-state index contributed by atoms with van der Waals surface area (Å²) in [6.45, 7) is -0.369. The lowest BCUT2D eigenvalue weighted by atomic mass is 9.81. The second-order valence-electron chi connectivity index (χ2n) is 6.37. The molecule has 0 radical (unpaired) electrons. The van der Waals surface area contributed by atoms with Gasteiger partial charge in [-0.15, -0.1) is 0 Å². The van der Waals surface area contributed by atoms with Crippen LogP contribution in [0.25, 0.3) is 6.08 Å². The van der Waals surface area contributed by atoms with Crippen LogP contribution >= 0.6 is 0 Å². The van der Waals surface area contributed by atoms with Crippen LogP contribution in [0.2, 0.25) is 0 Å². The van der Waals surface area contributed by atoms with Crippen molar-refractivity contribution < 1.29 is 19.1 Å². The van der Waals surface area contributed by atoms with E-state index in [-0.39, 0.29) is 12.5 Å². The van der Waals surface area contributed by atoms with Crippen molar-refractivity contribution in [2.24, 2.45) is 0 Å². The minimum atomic E-state index is -0.777. The van der Waals surface area contributed by atoms with E-state index in [9.17, 15) is 14.9 Å². The highest BCUT2D eigenvalue weighted by atomic mass is 16.5. The van der Waals surface area contributed by atoms with Gasteiger partial charge >= 0.3 is 5.97 Å². The Labute approximate surface area is 154 Å². The summed E-state index contributed by atoms with van der Waals surface area (Å²) in [4.78, 5) is 25.6. The molecule has 0 aromatic heterocycles. The molecular weight excluding hydrogens is 332 g/mol. The van der Waals surface area contributed by atoms with E-state index in [0.29, 0.717) is 12.8 Å². The van der Waals surface area contributed by atoms with Crippen molar-refractivity contribution in [1.82, 2.24) is 4.90 Å². The number of nitriles is 1. The van der Waals surface area contributed by atoms with Gasteiger partial charge in [0.15, 0.2) is 6.61 Å². The van der Waals surface area contributed by atoms with Crippen LogP contribution in [0.4, 0.5) is 0 Å². The van der Waals surface area contributed by atoms with Gasteiger partial charge in [0, 0.05) is 13.1 Å². The minimum Gasteiger partial charge on any atom is -0.497 e. The van der Waals surface area contributed by atoms with Crippen LogP contribution in [0.5, 0.6) is 5.75 Å². The van der Waals surface area contributed by atoms with Gasteiger partial charge < -0.3 is 14.4 Å². The van der Waals surface area contributed by atoms with Crippen molar-refractivity contribution in [1.29, 1.82) is 5.26 Å². The lowest BCUT2D eigenvalue weighted by Gasteiger charge is -2.38. The van der Waals surface area contributed by atoms with Crippen molar-refractivity contribution in [3.8, 4) is 11.8 Å². The maximum atomic E-state index is 12.3. The van der Waals surface area contributed by atoms with Gasteiger partial charge in [0.1, 0.15) is 11.3 Å². The highest BCUT2D eigenvalue weighted by molar-refractivity contribution is 5.89. The molecule has 0 heterocycles. The first-order valence-electron chi connectivity index (χ1n) is 8.67. The van der Waals surface area contributed by atoms with Gasteiger partial charge in [-0.1, -0.05) is 31.4 Å². The van der Waals surface area contributed by atoms with E-state index < -0.39 is 11.5 Å². The fourth-order valence-corrected chi connectivity index (χ4v) is 3.05. The lowest BCUT2D eigenvalue weighted by molar-refractivity contribution is -0.150. The van der Waals surface area contributed by atoms with E-state index >= 15 is 0 Å². The first-order chi connectivity index (χ1) is 12.5. The van der Waals surface area contributed by atoms with E-state index in [1.165, 1.54) is 11.0 Å². The molecule has 1 aliphatic rings. The first kappa shape index (κ1) is 19.5. The fraction of sp³-hybridized carbons (Fsp3) is 0.450. The number of carbonyl (C=O) groups excluding carboxylic acids is 2. The summed E-state index contributed by atoms with van der Waals surface area (Å²) >= 11 is 0. The van der Waals surface area contributed by atoms with Crippen LogP contribution in [0, 0.1) is 11.3 Å². The number of likely N-dealkylation sites (N-methyl/N-ethyl adjacent to an activating group) is 1. The Bertz CT molecular complexity index is 698. The van der Waals surface area contributed by atoms with Crippen molar-refractivity contribution in [2.75, 3.05) is 20.8 Å². The summed E-state index contributed by atoms with van der Waals surface area (Å²) in [5.74, 6) is -0.232. The Kier molecular flexibility index (Phi) is 6.79. The first-order valence-corrected chi connectivity index (χ1v) is 8.67. The van der Waals surface area contributed by atoms with E-state index in [1.54, 1.807) is 44.5 Å². The second-order valence-corrected chi connectivity index (χ2v) is 6.37. The molecule has 6 nitrogen and oxygen atoms in total. The van der Waals surface area contributed by atoms with Gasteiger partial charge in [0.05, 0.1) is 13.2 Å². The Morgan fingerprint density at radius 2 is 1.88 bits per heavy atom. The molecule has 1 aromatic carbocycles. The molecule has 1 saturated carbocycles. The number of esters is 1.